The Morgan fingerprint density at radius 3 is 3.00 bits per heavy atom. The number of aryl methyl sites for hydroxylation is 1. The summed E-state index contributed by atoms with van der Waals surface area (Å²) < 4.78 is 28.4. The predicted octanol–water partition coefficient (Wildman–Crippen LogP) is -0.568. The van der Waals surface area contributed by atoms with Crippen molar-refractivity contribution in [1.29, 1.82) is 0 Å². The van der Waals surface area contributed by atoms with E-state index < -0.39 is 16.1 Å². The summed E-state index contributed by atoms with van der Waals surface area (Å²) >= 11 is 0. The minimum atomic E-state index is -3.84. The number of amides is 1. The maximum absolute atomic E-state index is 12.3. The highest BCUT2D eigenvalue weighted by Crippen LogP contribution is 2.18. The molecule has 1 amide bonds. The summed E-state index contributed by atoms with van der Waals surface area (Å²) in [5.41, 5.74) is 5.65. The molecular weight excluding hydrogens is 282 g/mol. The van der Waals surface area contributed by atoms with E-state index in [9.17, 15) is 13.2 Å². The number of anilines is 1. The second-order valence-electron chi connectivity index (χ2n) is 4.75. The average molecular weight is 301 g/mol. The molecule has 0 radical (unpaired) electrons. The highest BCUT2D eigenvalue weighted by Gasteiger charge is 2.29. The normalized spacial score (nSPS) is 19.9. The fraction of sp³-hybridized carbons (Fsp3) is 0.636. The van der Waals surface area contributed by atoms with Crippen LogP contribution in [0, 0.1) is 0 Å². The largest absolute Gasteiger partial charge is 0.381 e. The molecule has 1 unspecified atom stereocenters. The van der Waals surface area contributed by atoms with E-state index in [4.69, 9.17) is 5.73 Å². The van der Waals surface area contributed by atoms with Crippen LogP contribution in [0.25, 0.3) is 0 Å². The van der Waals surface area contributed by atoms with Gasteiger partial charge in [-0.2, -0.15) is 9.82 Å². The van der Waals surface area contributed by atoms with Crippen molar-refractivity contribution in [3.8, 4) is 0 Å². The Bertz CT molecular complexity index is 595. The van der Waals surface area contributed by atoms with Crippen LogP contribution < -0.4 is 15.8 Å². The van der Waals surface area contributed by atoms with Crippen molar-refractivity contribution >= 4 is 21.7 Å². The maximum Gasteiger partial charge on any atom is 0.246 e. The second kappa shape index (κ2) is 5.80. The van der Waals surface area contributed by atoms with E-state index in [-0.39, 0.29) is 16.6 Å². The minimum absolute atomic E-state index is 0.0535. The Morgan fingerprint density at radius 1 is 1.60 bits per heavy atom. The molecule has 20 heavy (non-hydrogen) atoms. The number of sulfonamides is 1. The van der Waals surface area contributed by atoms with Crippen LogP contribution in [0.1, 0.15) is 26.2 Å². The molecule has 0 aromatic carbocycles. The quantitative estimate of drug-likeness (QED) is 0.673. The van der Waals surface area contributed by atoms with Gasteiger partial charge in [-0.05, 0) is 19.3 Å². The van der Waals surface area contributed by atoms with Crippen LogP contribution in [0.15, 0.2) is 11.1 Å². The first kappa shape index (κ1) is 14.8. The molecule has 1 fully saturated rings. The van der Waals surface area contributed by atoms with E-state index >= 15 is 0 Å². The first-order chi connectivity index (χ1) is 9.44. The van der Waals surface area contributed by atoms with Gasteiger partial charge in [-0.15, -0.1) is 0 Å². The number of nitrogen functional groups attached to an aromatic ring is 1. The van der Waals surface area contributed by atoms with Gasteiger partial charge in [-0.3, -0.25) is 9.48 Å². The molecule has 1 atom stereocenters. The number of nitrogens with zero attached hydrogens (tertiary/aromatic N) is 2. The van der Waals surface area contributed by atoms with Crippen molar-refractivity contribution in [2.75, 3.05) is 12.3 Å². The molecule has 4 N–H and O–H groups in total. The molecule has 1 aliphatic heterocycles. The molecule has 112 valence electrons. The SMILES string of the molecule is CCCn1cc(S(=O)(=O)NC2CCCNC2=O)c(N)n1. The fourth-order valence-corrected chi connectivity index (χ4v) is 3.41. The van der Waals surface area contributed by atoms with Crippen molar-refractivity contribution in [3.63, 3.8) is 0 Å². The Hall–Kier alpha value is -1.61. The van der Waals surface area contributed by atoms with E-state index in [2.05, 4.69) is 15.1 Å². The summed E-state index contributed by atoms with van der Waals surface area (Å²) in [7, 11) is -3.84. The zero-order valence-corrected chi connectivity index (χ0v) is 12.1. The third-order valence-electron chi connectivity index (χ3n) is 3.08. The van der Waals surface area contributed by atoms with Gasteiger partial charge in [0.2, 0.25) is 15.9 Å². The minimum Gasteiger partial charge on any atom is -0.381 e. The number of piperidine rings is 1. The van der Waals surface area contributed by atoms with Crippen LogP contribution in [0.2, 0.25) is 0 Å². The van der Waals surface area contributed by atoms with E-state index in [0.717, 1.165) is 12.8 Å². The summed E-state index contributed by atoms with van der Waals surface area (Å²) in [6.45, 7) is 3.12. The molecule has 1 aromatic heterocycles. The van der Waals surface area contributed by atoms with E-state index in [0.29, 0.717) is 19.5 Å². The molecule has 8 nitrogen and oxygen atoms in total. The van der Waals surface area contributed by atoms with Crippen molar-refractivity contribution in [2.24, 2.45) is 0 Å². The van der Waals surface area contributed by atoms with Gasteiger partial charge in [0, 0.05) is 19.3 Å². The highest BCUT2D eigenvalue weighted by molar-refractivity contribution is 7.89. The third-order valence-corrected chi connectivity index (χ3v) is 4.57. The lowest BCUT2D eigenvalue weighted by Gasteiger charge is -2.22. The zero-order chi connectivity index (χ0) is 14.8. The molecule has 0 aliphatic carbocycles. The molecular formula is C11H19N5O3S. The molecule has 2 rings (SSSR count). The number of carbonyl (C=O) groups is 1. The number of nitrogens with two attached hydrogens (primary N) is 1. The highest BCUT2D eigenvalue weighted by atomic mass is 32.2. The number of rotatable bonds is 5. The van der Waals surface area contributed by atoms with Crippen molar-refractivity contribution < 1.29 is 13.2 Å². The summed E-state index contributed by atoms with van der Waals surface area (Å²) in [6.07, 6.45) is 3.43. The summed E-state index contributed by atoms with van der Waals surface area (Å²) in [4.78, 5) is 11.5. The van der Waals surface area contributed by atoms with Crippen LogP contribution in [0.5, 0.6) is 0 Å². The van der Waals surface area contributed by atoms with Crippen LogP contribution in [-0.4, -0.2) is 36.7 Å². The third kappa shape index (κ3) is 3.10. The summed E-state index contributed by atoms with van der Waals surface area (Å²) in [5.74, 6) is -0.360. The predicted molar refractivity (Wildman–Crippen MR) is 73.3 cm³/mol. The number of hydrogen-bond acceptors (Lipinski definition) is 5. The van der Waals surface area contributed by atoms with Gasteiger partial charge in [0.1, 0.15) is 10.9 Å². The molecule has 0 spiro atoms. The zero-order valence-electron chi connectivity index (χ0n) is 11.3. The topological polar surface area (TPSA) is 119 Å². The summed E-state index contributed by atoms with van der Waals surface area (Å²) in [6, 6.07) is -0.748. The number of hydrogen-bond donors (Lipinski definition) is 3. The Labute approximate surface area is 117 Å². The van der Waals surface area contributed by atoms with Gasteiger partial charge < -0.3 is 11.1 Å². The number of aromatic nitrogens is 2. The molecule has 1 aliphatic rings. The maximum atomic E-state index is 12.3. The standard InChI is InChI=1S/C11H19N5O3S/c1-2-6-16-7-9(10(12)14-16)20(18,19)15-8-4-3-5-13-11(8)17/h7-8,15H,2-6H2,1H3,(H2,12,14)(H,13,17). The molecule has 9 heteroatoms. The Balaban J connectivity index is 2.19. The lowest BCUT2D eigenvalue weighted by Crippen LogP contribution is -2.50. The molecule has 0 bridgehead atoms. The Kier molecular flexibility index (Phi) is 4.29. The average Bonchev–Trinajstić information content (AvgIpc) is 2.74. The first-order valence-electron chi connectivity index (χ1n) is 6.57. The van der Waals surface area contributed by atoms with E-state index in [1.165, 1.54) is 10.9 Å². The molecule has 0 saturated carbocycles. The van der Waals surface area contributed by atoms with Crippen LogP contribution >= 0.6 is 0 Å². The van der Waals surface area contributed by atoms with E-state index in [1.807, 2.05) is 6.92 Å². The second-order valence-corrected chi connectivity index (χ2v) is 6.43. The van der Waals surface area contributed by atoms with Gasteiger partial charge in [-0.25, -0.2) is 8.42 Å². The van der Waals surface area contributed by atoms with Gasteiger partial charge in [0.05, 0.1) is 0 Å². The van der Waals surface area contributed by atoms with Crippen LogP contribution in [0.3, 0.4) is 0 Å². The van der Waals surface area contributed by atoms with Crippen LogP contribution in [0.4, 0.5) is 5.82 Å². The number of nitrogens with one attached hydrogen (secondary N) is 2. The Morgan fingerprint density at radius 2 is 2.35 bits per heavy atom. The van der Waals surface area contributed by atoms with Crippen molar-refractivity contribution in [3.05, 3.63) is 6.20 Å². The van der Waals surface area contributed by atoms with Crippen LogP contribution in [-0.2, 0) is 21.4 Å². The van der Waals surface area contributed by atoms with E-state index in [1.54, 1.807) is 0 Å². The molecule has 1 aromatic rings. The molecule has 2 heterocycles. The summed E-state index contributed by atoms with van der Waals surface area (Å²) in [5, 5.41) is 6.58. The van der Waals surface area contributed by atoms with Crippen molar-refractivity contribution in [2.45, 2.75) is 43.7 Å². The monoisotopic (exact) mass is 301 g/mol. The lowest BCUT2D eigenvalue weighted by atomic mass is 10.1. The van der Waals surface area contributed by atoms with Gasteiger partial charge in [0.15, 0.2) is 5.82 Å². The van der Waals surface area contributed by atoms with Gasteiger partial charge in [0.25, 0.3) is 0 Å². The van der Waals surface area contributed by atoms with Crippen molar-refractivity contribution in [1.82, 2.24) is 19.8 Å². The smallest absolute Gasteiger partial charge is 0.246 e. The van der Waals surface area contributed by atoms with Gasteiger partial charge in [-0.1, -0.05) is 6.92 Å². The first-order valence-corrected chi connectivity index (χ1v) is 8.05. The fourth-order valence-electron chi connectivity index (χ4n) is 2.10. The number of carbonyl (C=O) groups excluding carboxylic acids is 1. The van der Waals surface area contributed by atoms with Gasteiger partial charge >= 0.3 is 0 Å². The molecule has 1 saturated heterocycles. The lowest BCUT2D eigenvalue weighted by molar-refractivity contribution is -0.124.